The van der Waals surface area contributed by atoms with Gasteiger partial charge in [-0.3, -0.25) is 0 Å². The Hall–Kier alpha value is -2.12. The van der Waals surface area contributed by atoms with Crippen molar-refractivity contribution >= 4 is 17.5 Å². The lowest BCUT2D eigenvalue weighted by atomic mass is 10.1. The van der Waals surface area contributed by atoms with Gasteiger partial charge in [-0.15, -0.1) is 0 Å². The highest BCUT2D eigenvalue weighted by atomic mass is 16.5. The van der Waals surface area contributed by atoms with E-state index in [9.17, 15) is 9.59 Å². The maximum absolute atomic E-state index is 11.0. The van der Waals surface area contributed by atoms with Crippen molar-refractivity contribution in [2.24, 2.45) is 0 Å². The molecule has 3 heteroatoms. The first-order valence-electron chi connectivity index (χ1n) is 4.93. The summed E-state index contributed by atoms with van der Waals surface area (Å²) in [6, 6.07) is 9.02. The van der Waals surface area contributed by atoms with E-state index >= 15 is 0 Å². The molecule has 1 aromatic carbocycles. The summed E-state index contributed by atoms with van der Waals surface area (Å²) in [5.74, 6) is 1.32. The van der Waals surface area contributed by atoms with Crippen LogP contribution in [0.1, 0.15) is 12.5 Å². The number of esters is 1. The van der Waals surface area contributed by atoms with Crippen molar-refractivity contribution in [1.29, 1.82) is 0 Å². The fraction of sp³-hybridized carbons (Fsp3) is 0.154. The number of hydrogen-bond donors (Lipinski definition) is 0. The second-order valence-electron chi connectivity index (χ2n) is 2.97. The van der Waals surface area contributed by atoms with Crippen LogP contribution in [0.25, 0.3) is 5.57 Å². The molecule has 0 spiro atoms. The van der Waals surface area contributed by atoms with E-state index in [0.717, 1.165) is 5.56 Å². The summed E-state index contributed by atoms with van der Waals surface area (Å²) in [5, 5.41) is 0. The Morgan fingerprint density at radius 1 is 1.31 bits per heavy atom. The summed E-state index contributed by atoms with van der Waals surface area (Å²) in [4.78, 5) is 21.8. The highest BCUT2D eigenvalue weighted by Gasteiger charge is 1.99. The summed E-state index contributed by atoms with van der Waals surface area (Å²) in [7, 11) is 0. The highest BCUT2D eigenvalue weighted by molar-refractivity contribution is 5.96. The van der Waals surface area contributed by atoms with Gasteiger partial charge in [-0.25, -0.2) is 9.59 Å². The molecule has 0 heterocycles. The van der Waals surface area contributed by atoms with E-state index in [4.69, 9.17) is 4.74 Å². The van der Waals surface area contributed by atoms with Gasteiger partial charge >= 0.3 is 5.97 Å². The molecule has 0 fully saturated rings. The summed E-state index contributed by atoms with van der Waals surface area (Å²) in [6.45, 7) is 2.04. The number of carbonyl (C=O) groups is 1. The number of ether oxygens (including phenoxy) is 1. The fourth-order valence-electron chi connectivity index (χ4n) is 1.15. The van der Waals surface area contributed by atoms with Crippen LogP contribution >= 0.6 is 0 Å². The monoisotopic (exact) mass is 216 g/mol. The van der Waals surface area contributed by atoms with Crippen LogP contribution in [-0.4, -0.2) is 18.5 Å². The molecular formula is C13H12O3. The summed E-state index contributed by atoms with van der Waals surface area (Å²) >= 11 is 0. The molecule has 0 atom stereocenters. The zero-order chi connectivity index (χ0) is 11.8. The summed E-state index contributed by atoms with van der Waals surface area (Å²) in [6.07, 6.45) is 2.62. The Bertz CT molecular complexity index is 426. The van der Waals surface area contributed by atoms with Gasteiger partial charge in [0.05, 0.1) is 12.2 Å². The van der Waals surface area contributed by atoms with Crippen molar-refractivity contribution in [2.45, 2.75) is 6.92 Å². The van der Waals surface area contributed by atoms with Gasteiger partial charge in [-0.1, -0.05) is 30.3 Å². The predicted octanol–water partition coefficient (Wildman–Crippen LogP) is 2.02. The minimum atomic E-state index is -0.466. The lowest BCUT2D eigenvalue weighted by molar-refractivity contribution is -0.137. The zero-order valence-corrected chi connectivity index (χ0v) is 8.97. The Balaban J connectivity index is 2.79. The molecule has 0 bridgehead atoms. The summed E-state index contributed by atoms with van der Waals surface area (Å²) in [5.41, 5.74) is 1.05. The van der Waals surface area contributed by atoms with Crippen molar-refractivity contribution in [3.8, 4) is 0 Å². The van der Waals surface area contributed by atoms with Gasteiger partial charge in [-0.2, -0.15) is 0 Å². The van der Waals surface area contributed by atoms with Crippen LogP contribution < -0.4 is 0 Å². The number of rotatable bonds is 4. The van der Waals surface area contributed by atoms with Crippen LogP contribution in [-0.2, 0) is 14.3 Å². The lowest BCUT2D eigenvalue weighted by Crippen LogP contribution is -1.99. The smallest absolute Gasteiger partial charge is 0.330 e. The number of hydrogen-bond acceptors (Lipinski definition) is 3. The Labute approximate surface area is 94.0 Å². The quantitative estimate of drug-likeness (QED) is 0.335. The second kappa shape index (κ2) is 6.38. The van der Waals surface area contributed by atoms with Gasteiger partial charge < -0.3 is 4.74 Å². The predicted molar refractivity (Wildman–Crippen MR) is 61.3 cm³/mol. The minimum absolute atomic E-state index is 0.314. The molecule has 1 rings (SSSR count). The fourth-order valence-corrected chi connectivity index (χ4v) is 1.15. The number of benzene rings is 1. The maximum atomic E-state index is 11.0. The van der Waals surface area contributed by atoms with E-state index in [1.807, 2.05) is 18.2 Å². The molecule has 3 nitrogen and oxygen atoms in total. The normalized spacial score (nSPS) is 9.81. The van der Waals surface area contributed by atoms with Crippen LogP contribution in [0.4, 0.5) is 0 Å². The van der Waals surface area contributed by atoms with Gasteiger partial charge in [0.2, 0.25) is 0 Å². The van der Waals surface area contributed by atoms with E-state index in [0.29, 0.717) is 12.2 Å². The molecule has 0 aliphatic carbocycles. The SMILES string of the molecule is CCOC(=O)C=CC(=C=O)c1ccccc1. The highest BCUT2D eigenvalue weighted by Crippen LogP contribution is 2.11. The maximum Gasteiger partial charge on any atom is 0.330 e. The van der Waals surface area contributed by atoms with Crippen molar-refractivity contribution in [2.75, 3.05) is 6.61 Å². The van der Waals surface area contributed by atoms with Gasteiger partial charge in [0, 0.05) is 6.08 Å². The molecule has 82 valence electrons. The van der Waals surface area contributed by atoms with E-state index in [1.54, 1.807) is 25.0 Å². The van der Waals surface area contributed by atoms with Crippen molar-refractivity contribution in [3.63, 3.8) is 0 Å². The standard InChI is InChI=1S/C13H12O3/c1-2-16-13(15)9-8-12(10-14)11-6-4-3-5-7-11/h3-9H,2H2,1H3. The molecule has 0 saturated carbocycles. The van der Waals surface area contributed by atoms with Crippen LogP contribution in [0.5, 0.6) is 0 Å². The largest absolute Gasteiger partial charge is 0.463 e. The Kier molecular flexibility index (Phi) is 4.77. The summed E-state index contributed by atoms with van der Waals surface area (Å²) < 4.78 is 4.70. The van der Waals surface area contributed by atoms with Gasteiger partial charge in [0.15, 0.2) is 0 Å². The first kappa shape index (κ1) is 12.0. The van der Waals surface area contributed by atoms with Crippen molar-refractivity contribution in [3.05, 3.63) is 48.0 Å². The number of allylic oxidation sites excluding steroid dienone is 2. The average molecular weight is 216 g/mol. The Morgan fingerprint density at radius 2 is 2.00 bits per heavy atom. The third-order valence-corrected chi connectivity index (χ3v) is 1.87. The van der Waals surface area contributed by atoms with Crippen molar-refractivity contribution in [1.82, 2.24) is 0 Å². The van der Waals surface area contributed by atoms with Crippen LogP contribution in [0.2, 0.25) is 0 Å². The topological polar surface area (TPSA) is 43.4 Å². The Morgan fingerprint density at radius 3 is 2.56 bits per heavy atom. The molecule has 0 aromatic heterocycles. The molecule has 0 radical (unpaired) electrons. The van der Waals surface area contributed by atoms with Gasteiger partial charge in [0.25, 0.3) is 0 Å². The third-order valence-electron chi connectivity index (χ3n) is 1.87. The van der Waals surface area contributed by atoms with E-state index in [1.165, 1.54) is 12.2 Å². The molecule has 0 N–H and O–H groups in total. The minimum Gasteiger partial charge on any atom is -0.463 e. The molecule has 1 aromatic rings. The lowest BCUT2D eigenvalue weighted by Gasteiger charge is -1.97. The van der Waals surface area contributed by atoms with Crippen LogP contribution in [0.3, 0.4) is 0 Å². The molecule has 0 saturated heterocycles. The van der Waals surface area contributed by atoms with Crippen LogP contribution in [0.15, 0.2) is 42.5 Å². The molecule has 16 heavy (non-hydrogen) atoms. The second-order valence-corrected chi connectivity index (χ2v) is 2.97. The molecule has 0 aliphatic rings. The molecule has 0 aliphatic heterocycles. The van der Waals surface area contributed by atoms with Crippen LogP contribution in [0, 0.1) is 0 Å². The van der Waals surface area contributed by atoms with Crippen molar-refractivity contribution < 1.29 is 14.3 Å². The van der Waals surface area contributed by atoms with E-state index in [2.05, 4.69) is 0 Å². The van der Waals surface area contributed by atoms with E-state index < -0.39 is 5.97 Å². The first-order valence-corrected chi connectivity index (χ1v) is 4.93. The van der Waals surface area contributed by atoms with Gasteiger partial charge in [0.1, 0.15) is 5.94 Å². The molecule has 0 amide bonds. The first-order chi connectivity index (χ1) is 7.77. The van der Waals surface area contributed by atoms with E-state index in [-0.39, 0.29) is 0 Å². The average Bonchev–Trinajstić information content (AvgIpc) is 2.31. The number of carbonyl (C=O) groups excluding carboxylic acids is 2. The zero-order valence-electron chi connectivity index (χ0n) is 8.97. The third kappa shape index (κ3) is 3.56. The molecular weight excluding hydrogens is 204 g/mol. The van der Waals surface area contributed by atoms with Gasteiger partial charge in [-0.05, 0) is 18.6 Å². The molecule has 0 unspecified atom stereocenters.